The predicted molar refractivity (Wildman–Crippen MR) is 173 cm³/mol. The minimum absolute atomic E-state index is 0.250. The van der Waals surface area contributed by atoms with Crippen molar-refractivity contribution in [1.82, 2.24) is 0 Å². The van der Waals surface area contributed by atoms with E-state index in [0.29, 0.717) is 59.7 Å². The van der Waals surface area contributed by atoms with Crippen LogP contribution < -0.4 is 0 Å². The number of rotatable bonds is 9. The topological polar surface area (TPSA) is 199 Å². The molecule has 4 aliphatic heterocycles. The van der Waals surface area contributed by atoms with Crippen molar-refractivity contribution in [3.63, 3.8) is 0 Å². The van der Waals surface area contributed by atoms with Crippen LogP contribution in [-0.2, 0) is 38.1 Å². The molecule has 0 bridgehead atoms. The van der Waals surface area contributed by atoms with Gasteiger partial charge in [-0.15, -0.1) is 0 Å². The number of epoxide rings is 4. The molecule has 0 aromatic heterocycles. The third-order valence-corrected chi connectivity index (χ3v) is 12.9. The highest BCUT2D eigenvalue weighted by molar-refractivity contribution is 5.33. The van der Waals surface area contributed by atoms with Crippen LogP contribution in [0, 0.1) is 34.5 Å². The molecule has 12 nitrogen and oxygen atoms in total. The molecule has 0 aromatic rings. The maximum Gasteiger partial charge on any atom is 0.290 e. The summed E-state index contributed by atoms with van der Waals surface area (Å²) in [7, 11) is 0. The molecule has 4 N–H and O–H groups in total. The van der Waals surface area contributed by atoms with Crippen LogP contribution in [0.1, 0.15) is 117 Å². The van der Waals surface area contributed by atoms with Crippen LogP contribution in [0.3, 0.4) is 0 Å². The average Bonchev–Trinajstić information content (AvgIpc) is 3.86. The standard InChI is InChI=1S/C32H50O4.4CH2O2/c1-31(15-19-3-7-23-27(11-19)33-23,16-20-4-8-24-28(12-20)34-24)32(2,17-21-5-9-25-29(13-21)35-25)18-22-6-10-26-30(14-22)36-26;4*2-1-3/h19-30H,3-18H2,1-2H3;4*1H,(H,2,3). The van der Waals surface area contributed by atoms with Crippen molar-refractivity contribution in [3.05, 3.63) is 0 Å². The number of hydrogen-bond donors (Lipinski definition) is 4. The molecule has 0 amide bonds. The molecule has 4 aliphatic carbocycles. The summed E-state index contributed by atoms with van der Waals surface area (Å²) < 4.78 is 24.0. The van der Waals surface area contributed by atoms with Gasteiger partial charge in [0.2, 0.25) is 0 Å². The van der Waals surface area contributed by atoms with Crippen LogP contribution in [-0.4, -0.2) is 95.1 Å². The molecule has 8 aliphatic rings. The smallest absolute Gasteiger partial charge is 0.290 e. The van der Waals surface area contributed by atoms with E-state index in [4.69, 9.17) is 58.6 Å². The Hall–Kier alpha value is -2.28. The molecule has 0 radical (unpaired) electrons. The predicted octanol–water partition coefficient (Wildman–Crippen LogP) is 5.63. The van der Waals surface area contributed by atoms with Crippen LogP contribution in [0.2, 0.25) is 0 Å². The molecule has 0 spiro atoms. The van der Waals surface area contributed by atoms with Gasteiger partial charge in [0.15, 0.2) is 0 Å². The van der Waals surface area contributed by atoms with Gasteiger partial charge in [0.25, 0.3) is 25.9 Å². The van der Waals surface area contributed by atoms with Crippen molar-refractivity contribution in [2.45, 2.75) is 165 Å². The van der Waals surface area contributed by atoms with Gasteiger partial charge < -0.3 is 39.4 Å². The Labute approximate surface area is 284 Å². The molecule has 12 atom stereocenters. The Balaban J connectivity index is 0.000000384. The van der Waals surface area contributed by atoms with E-state index in [1.807, 2.05) is 0 Å². The van der Waals surface area contributed by atoms with Gasteiger partial charge in [-0.05, 0) is 137 Å². The lowest BCUT2D eigenvalue weighted by Gasteiger charge is -2.53. The lowest BCUT2D eigenvalue weighted by molar-refractivity contribution is -0.123. The summed E-state index contributed by atoms with van der Waals surface area (Å²) in [4.78, 5) is 33.4. The van der Waals surface area contributed by atoms with Gasteiger partial charge in [-0.1, -0.05) is 13.8 Å². The number of fused-ring (bicyclic) bond motifs is 4. The fourth-order valence-electron chi connectivity index (χ4n) is 10.4. The summed E-state index contributed by atoms with van der Waals surface area (Å²) >= 11 is 0. The van der Waals surface area contributed by atoms with Gasteiger partial charge in [-0.25, -0.2) is 0 Å². The SMILES string of the molecule is CC(CC1CCC2OC2C1)(CC1CCC2OC2C1)C(C)(CC1CCC2OC2C1)CC1CCC2OC2C1.O=CO.O=CO.O=CO.O=CO. The third-order valence-electron chi connectivity index (χ3n) is 12.9. The Morgan fingerprint density at radius 2 is 0.604 bits per heavy atom. The second-order valence-corrected chi connectivity index (χ2v) is 15.9. The lowest BCUT2D eigenvalue weighted by atomic mass is 9.51. The van der Waals surface area contributed by atoms with Gasteiger partial charge >= 0.3 is 0 Å². The van der Waals surface area contributed by atoms with Crippen molar-refractivity contribution in [1.29, 1.82) is 0 Å². The second kappa shape index (κ2) is 17.6. The minimum Gasteiger partial charge on any atom is -0.483 e. The molecule has 12 unspecified atom stereocenters. The second-order valence-electron chi connectivity index (χ2n) is 15.9. The lowest BCUT2D eigenvalue weighted by Crippen LogP contribution is -2.45. The Morgan fingerprint density at radius 1 is 0.417 bits per heavy atom. The zero-order valence-electron chi connectivity index (χ0n) is 28.6. The maximum atomic E-state index is 8.36. The highest BCUT2D eigenvalue weighted by atomic mass is 16.6. The van der Waals surface area contributed by atoms with Gasteiger partial charge in [-0.3, -0.25) is 19.2 Å². The zero-order chi connectivity index (χ0) is 34.9. The van der Waals surface area contributed by atoms with Gasteiger partial charge in [0.05, 0.1) is 48.8 Å². The van der Waals surface area contributed by atoms with E-state index >= 15 is 0 Å². The zero-order valence-corrected chi connectivity index (χ0v) is 28.6. The van der Waals surface area contributed by atoms with Gasteiger partial charge in [0, 0.05) is 0 Å². The summed E-state index contributed by atoms with van der Waals surface area (Å²) in [5.41, 5.74) is 0.794. The highest BCUT2D eigenvalue weighted by Crippen LogP contribution is 2.61. The minimum atomic E-state index is -0.250. The summed E-state index contributed by atoms with van der Waals surface area (Å²) in [5, 5.41) is 27.6. The van der Waals surface area contributed by atoms with Crippen LogP contribution >= 0.6 is 0 Å². The summed E-state index contributed by atoms with van der Waals surface area (Å²) in [6, 6.07) is 0. The van der Waals surface area contributed by atoms with Crippen molar-refractivity contribution in [2.75, 3.05) is 0 Å². The van der Waals surface area contributed by atoms with E-state index in [-0.39, 0.29) is 25.9 Å². The number of ether oxygens (including phenoxy) is 4. The van der Waals surface area contributed by atoms with E-state index in [1.165, 1.54) is 103 Å². The molecular weight excluding hydrogens is 624 g/mol. The summed E-state index contributed by atoms with van der Waals surface area (Å²) in [6.45, 7) is 4.54. The van der Waals surface area contributed by atoms with Crippen LogP contribution in [0.4, 0.5) is 0 Å². The number of carbonyl (C=O) groups is 4. The van der Waals surface area contributed by atoms with E-state index < -0.39 is 0 Å². The van der Waals surface area contributed by atoms with Crippen molar-refractivity contribution in [3.8, 4) is 0 Å². The van der Waals surface area contributed by atoms with E-state index in [1.54, 1.807) is 0 Å². The van der Waals surface area contributed by atoms with Crippen molar-refractivity contribution in [2.24, 2.45) is 34.5 Å². The first-order valence-electron chi connectivity index (χ1n) is 18.0. The average molecular weight is 683 g/mol. The number of carboxylic acid groups (broad SMARTS) is 4. The molecule has 8 rings (SSSR count). The Bertz CT molecular complexity index is 886. The van der Waals surface area contributed by atoms with E-state index in [2.05, 4.69) is 13.8 Å². The van der Waals surface area contributed by atoms with Crippen molar-refractivity contribution < 1.29 is 58.6 Å². The molecule has 4 saturated heterocycles. The Morgan fingerprint density at radius 3 is 0.771 bits per heavy atom. The summed E-state index contributed by atoms with van der Waals surface area (Å²) in [6.07, 6.45) is 26.7. The highest BCUT2D eigenvalue weighted by Gasteiger charge is 2.55. The molecular formula is C36H58O12. The third kappa shape index (κ3) is 10.6. The largest absolute Gasteiger partial charge is 0.483 e. The molecule has 0 aromatic carbocycles. The first-order valence-corrected chi connectivity index (χ1v) is 18.0. The first-order chi connectivity index (χ1) is 23.1. The molecule has 48 heavy (non-hydrogen) atoms. The number of hydrogen-bond acceptors (Lipinski definition) is 8. The molecule has 4 saturated carbocycles. The molecule has 274 valence electrons. The normalized spacial score (nSPS) is 41.1. The van der Waals surface area contributed by atoms with Gasteiger partial charge in [-0.2, -0.15) is 0 Å². The molecule has 4 heterocycles. The quantitative estimate of drug-likeness (QED) is 0.173. The maximum absolute atomic E-state index is 8.36. The Kier molecular flexibility index (Phi) is 14.1. The van der Waals surface area contributed by atoms with Gasteiger partial charge in [0.1, 0.15) is 0 Å². The molecule has 8 fully saturated rings. The fourth-order valence-corrected chi connectivity index (χ4v) is 10.4. The van der Waals surface area contributed by atoms with E-state index in [0.717, 1.165) is 23.7 Å². The molecule has 12 heteroatoms. The van der Waals surface area contributed by atoms with E-state index in [9.17, 15) is 0 Å². The van der Waals surface area contributed by atoms with Crippen LogP contribution in [0.5, 0.6) is 0 Å². The monoisotopic (exact) mass is 682 g/mol. The fraction of sp³-hybridized carbons (Fsp3) is 0.889. The van der Waals surface area contributed by atoms with Crippen LogP contribution in [0.25, 0.3) is 0 Å². The van der Waals surface area contributed by atoms with Crippen molar-refractivity contribution >= 4 is 25.9 Å². The van der Waals surface area contributed by atoms with Crippen LogP contribution in [0.15, 0.2) is 0 Å². The summed E-state index contributed by atoms with van der Waals surface area (Å²) in [5.74, 6) is 3.43. The first kappa shape index (κ1) is 38.5.